The minimum absolute atomic E-state index is 0.0400. The first kappa shape index (κ1) is 25.5. The van der Waals surface area contributed by atoms with Gasteiger partial charge in [-0.3, -0.25) is 19.8 Å². The van der Waals surface area contributed by atoms with E-state index in [1.54, 1.807) is 11.7 Å². The van der Waals surface area contributed by atoms with Gasteiger partial charge in [-0.05, 0) is 47.9 Å². The molecule has 1 fully saturated rings. The number of anilines is 3. The molecule has 2 aromatic heterocycles. The van der Waals surface area contributed by atoms with Gasteiger partial charge in [0.05, 0.1) is 12.2 Å². The van der Waals surface area contributed by atoms with E-state index in [9.17, 15) is 9.59 Å². The lowest BCUT2D eigenvalue weighted by Gasteiger charge is -2.36. The smallest absolute Gasteiger partial charge is 0.243 e. The van der Waals surface area contributed by atoms with Crippen molar-refractivity contribution in [1.29, 1.82) is 0 Å². The van der Waals surface area contributed by atoms with Gasteiger partial charge in [0.2, 0.25) is 11.8 Å². The zero-order chi connectivity index (χ0) is 27.5. The average molecular weight is 539 g/mol. The van der Waals surface area contributed by atoms with Crippen LogP contribution in [-0.2, 0) is 16.1 Å². The molecule has 0 radical (unpaired) electrons. The largest absolute Gasteiger partial charge is 0.368 e. The van der Waals surface area contributed by atoms with E-state index in [0.29, 0.717) is 38.3 Å². The number of carbonyl (C=O) groups is 2. The van der Waals surface area contributed by atoms with E-state index >= 15 is 0 Å². The Morgan fingerprint density at radius 1 is 1.00 bits per heavy atom. The van der Waals surface area contributed by atoms with Crippen LogP contribution in [0.4, 0.5) is 17.2 Å². The van der Waals surface area contributed by atoms with Crippen LogP contribution in [0.25, 0.3) is 16.9 Å². The van der Waals surface area contributed by atoms with Gasteiger partial charge in [0.1, 0.15) is 0 Å². The number of nitrogens with one attached hydrogen (secondary N) is 2. The monoisotopic (exact) mass is 538 g/mol. The maximum absolute atomic E-state index is 12.5. The summed E-state index contributed by atoms with van der Waals surface area (Å²) in [5.74, 6) is 0.247. The van der Waals surface area contributed by atoms with Crippen LogP contribution >= 0.6 is 0 Å². The van der Waals surface area contributed by atoms with Gasteiger partial charge in [0.15, 0.2) is 11.5 Å². The minimum atomic E-state index is -0.470. The first-order chi connectivity index (χ1) is 19.6. The Morgan fingerprint density at radius 2 is 1.82 bits per heavy atom. The topological polar surface area (TPSA) is 127 Å². The molecule has 0 saturated carbocycles. The van der Waals surface area contributed by atoms with Crippen LogP contribution in [0, 0.1) is 0 Å². The Morgan fingerprint density at radius 3 is 2.62 bits per heavy atom. The van der Waals surface area contributed by atoms with Gasteiger partial charge >= 0.3 is 0 Å². The summed E-state index contributed by atoms with van der Waals surface area (Å²) in [7, 11) is 0. The molecule has 204 valence electrons. The number of nitrogens with zero attached hydrogens (tertiary/aromatic N) is 6. The van der Waals surface area contributed by atoms with Crippen LogP contribution in [-0.4, -0.2) is 68.7 Å². The van der Waals surface area contributed by atoms with Crippen LogP contribution in [0.3, 0.4) is 0 Å². The highest BCUT2D eigenvalue weighted by molar-refractivity contribution is 5.86. The third-order valence-corrected chi connectivity index (χ3v) is 7.35. The van der Waals surface area contributed by atoms with Crippen molar-refractivity contribution in [1.82, 2.24) is 24.7 Å². The zero-order valence-corrected chi connectivity index (χ0v) is 22.0. The fraction of sp³-hybridized carbons (Fsp3) is 0.276. The number of imidazole rings is 1. The number of hydroxylamine groups is 1. The number of fused-ring (bicyclic) bond motifs is 2. The van der Waals surface area contributed by atoms with E-state index in [1.807, 2.05) is 40.0 Å². The van der Waals surface area contributed by atoms with Gasteiger partial charge in [-0.25, -0.2) is 15.4 Å². The number of aromatic nitrogens is 3. The second-order valence-electron chi connectivity index (χ2n) is 9.94. The molecule has 1 saturated heterocycles. The highest BCUT2D eigenvalue weighted by Crippen LogP contribution is 2.28. The van der Waals surface area contributed by atoms with E-state index in [0.717, 1.165) is 46.9 Å². The van der Waals surface area contributed by atoms with Crippen molar-refractivity contribution in [3.63, 3.8) is 0 Å². The van der Waals surface area contributed by atoms with Crippen LogP contribution < -0.4 is 15.7 Å². The number of carbonyl (C=O) groups excluding carboxylic acids is 2. The lowest BCUT2D eigenvalue weighted by atomic mass is 10.0. The fourth-order valence-electron chi connectivity index (χ4n) is 5.15. The number of hydrogen-bond donors (Lipinski definition) is 3. The van der Waals surface area contributed by atoms with Crippen molar-refractivity contribution in [3.05, 3.63) is 72.2 Å². The van der Waals surface area contributed by atoms with Gasteiger partial charge in [0, 0.05) is 80.8 Å². The van der Waals surface area contributed by atoms with E-state index in [4.69, 9.17) is 10.2 Å². The van der Waals surface area contributed by atoms with E-state index in [2.05, 4.69) is 50.5 Å². The summed E-state index contributed by atoms with van der Waals surface area (Å²) >= 11 is 0. The molecular weight excluding hydrogens is 508 g/mol. The van der Waals surface area contributed by atoms with Gasteiger partial charge in [-0.2, -0.15) is 0 Å². The summed E-state index contributed by atoms with van der Waals surface area (Å²) in [5.41, 5.74) is 8.58. The number of piperazine rings is 1. The molecular formula is C29H30N8O3. The van der Waals surface area contributed by atoms with E-state index in [-0.39, 0.29) is 12.3 Å². The third kappa shape index (κ3) is 5.36. The summed E-state index contributed by atoms with van der Waals surface area (Å²) in [6.07, 6.45) is 8.44. The fourth-order valence-corrected chi connectivity index (χ4v) is 5.15. The molecule has 11 heteroatoms. The maximum Gasteiger partial charge on any atom is 0.243 e. The van der Waals surface area contributed by atoms with Crippen molar-refractivity contribution >= 4 is 40.9 Å². The Hall–Kier alpha value is -4.77. The number of benzene rings is 2. The highest BCUT2D eigenvalue weighted by atomic mass is 16.5. The molecule has 4 heterocycles. The predicted octanol–water partition coefficient (Wildman–Crippen LogP) is 3.40. The SMILES string of the molecule is O=C(CCCC(=O)N1CCN(c2ccc(Nc3nc(-c4ccc5c(c4)CN=C5)cn4ccnc34)cc2)CC1)NO. The molecule has 2 aromatic carbocycles. The predicted molar refractivity (Wildman–Crippen MR) is 152 cm³/mol. The normalized spacial score (nSPS) is 14.4. The summed E-state index contributed by atoms with van der Waals surface area (Å²) < 4.78 is 1.98. The van der Waals surface area contributed by atoms with Crippen LogP contribution in [0.5, 0.6) is 0 Å². The summed E-state index contributed by atoms with van der Waals surface area (Å²) in [6.45, 7) is 3.44. The molecule has 0 aliphatic carbocycles. The van der Waals surface area contributed by atoms with Crippen molar-refractivity contribution in [2.45, 2.75) is 25.8 Å². The van der Waals surface area contributed by atoms with Crippen molar-refractivity contribution in [2.75, 3.05) is 36.4 Å². The minimum Gasteiger partial charge on any atom is -0.368 e. The van der Waals surface area contributed by atoms with Gasteiger partial charge < -0.3 is 19.5 Å². The molecule has 2 aliphatic heterocycles. The molecule has 2 amide bonds. The molecule has 11 nitrogen and oxygen atoms in total. The second-order valence-corrected chi connectivity index (χ2v) is 9.94. The van der Waals surface area contributed by atoms with Crippen molar-refractivity contribution in [3.8, 4) is 11.3 Å². The maximum atomic E-state index is 12.5. The number of hydrogen-bond acceptors (Lipinski definition) is 8. The standard InChI is InChI=1S/C29H30N8O3/c38-26(34-40)2-1-3-27(39)36-14-12-35(13-15-36)24-8-6-23(7-9-24)32-28-29-31-10-11-37(29)19-25(33-28)20-4-5-21-17-30-18-22(21)16-20/h4-11,16-17,19,40H,1-3,12-15,18H2,(H,32,33)(H,34,38). The Balaban J connectivity index is 1.10. The molecule has 2 aliphatic rings. The number of rotatable bonds is 8. The molecule has 40 heavy (non-hydrogen) atoms. The lowest BCUT2D eigenvalue weighted by molar-refractivity contribution is -0.132. The second kappa shape index (κ2) is 11.1. The Bertz CT molecular complexity index is 1570. The first-order valence-electron chi connectivity index (χ1n) is 13.4. The van der Waals surface area contributed by atoms with Gasteiger partial charge in [0.25, 0.3) is 0 Å². The third-order valence-electron chi connectivity index (χ3n) is 7.35. The van der Waals surface area contributed by atoms with E-state index < -0.39 is 5.91 Å². The number of amides is 2. The van der Waals surface area contributed by atoms with Gasteiger partial charge in [-0.1, -0.05) is 12.1 Å². The average Bonchev–Trinajstić information content (AvgIpc) is 3.67. The molecule has 6 rings (SSSR count). The van der Waals surface area contributed by atoms with Crippen LogP contribution in [0.1, 0.15) is 30.4 Å². The van der Waals surface area contributed by atoms with Crippen molar-refractivity contribution < 1.29 is 14.8 Å². The summed E-state index contributed by atoms with van der Waals surface area (Å²) in [4.78, 5) is 41.5. The summed E-state index contributed by atoms with van der Waals surface area (Å²) in [6, 6.07) is 14.5. The van der Waals surface area contributed by atoms with Crippen molar-refractivity contribution in [2.24, 2.45) is 4.99 Å². The number of aliphatic imine (C=N–C) groups is 1. The van der Waals surface area contributed by atoms with Crippen LogP contribution in [0.2, 0.25) is 0 Å². The van der Waals surface area contributed by atoms with Crippen LogP contribution in [0.15, 0.2) is 66.0 Å². The lowest BCUT2D eigenvalue weighted by Crippen LogP contribution is -2.48. The molecule has 0 atom stereocenters. The molecule has 0 spiro atoms. The highest BCUT2D eigenvalue weighted by Gasteiger charge is 2.21. The zero-order valence-electron chi connectivity index (χ0n) is 22.0. The molecule has 4 aromatic rings. The Labute approximate surface area is 231 Å². The first-order valence-corrected chi connectivity index (χ1v) is 13.4. The quantitative estimate of drug-likeness (QED) is 0.232. The molecule has 0 unspecified atom stereocenters. The van der Waals surface area contributed by atoms with Gasteiger partial charge in [-0.15, -0.1) is 0 Å². The molecule has 0 bridgehead atoms. The Kier molecular flexibility index (Phi) is 7.11. The molecule has 3 N–H and O–H groups in total. The summed E-state index contributed by atoms with van der Waals surface area (Å²) in [5, 5.41) is 12.0. The van der Waals surface area contributed by atoms with E-state index in [1.165, 1.54) is 5.56 Å².